The van der Waals surface area contributed by atoms with Gasteiger partial charge < -0.3 is 9.16 Å². The van der Waals surface area contributed by atoms with Gasteiger partial charge in [-0.15, -0.1) is 0 Å². The molecule has 2 aromatic rings. The van der Waals surface area contributed by atoms with Crippen molar-refractivity contribution in [3.63, 3.8) is 0 Å². The number of hydrogen-bond donors (Lipinski definition) is 0. The Kier molecular flexibility index (Phi) is 7.70. The lowest BCUT2D eigenvalue weighted by Crippen LogP contribution is -2.67. The minimum absolute atomic E-state index is 0.119. The van der Waals surface area contributed by atoms with Crippen LogP contribution >= 0.6 is 31.9 Å². The number of methoxy groups -OCH3 is 1. The summed E-state index contributed by atoms with van der Waals surface area (Å²) in [5, 5.41) is 2.30. The van der Waals surface area contributed by atoms with Crippen molar-refractivity contribution in [3.05, 3.63) is 60.7 Å². The molecule has 0 radical (unpaired) electrons. The molecule has 28 heavy (non-hydrogen) atoms. The van der Waals surface area contributed by atoms with E-state index in [9.17, 15) is 4.79 Å². The molecule has 0 saturated heterocycles. The molecule has 0 aliphatic carbocycles. The number of carbonyl (C=O) groups is 1. The van der Waals surface area contributed by atoms with Crippen molar-refractivity contribution < 1.29 is 14.0 Å². The topological polar surface area (TPSA) is 35.5 Å². The molecule has 3 nitrogen and oxygen atoms in total. The van der Waals surface area contributed by atoms with Crippen LogP contribution in [0.4, 0.5) is 0 Å². The number of alkyl halides is 2. The first-order chi connectivity index (χ1) is 13.1. The fourth-order valence-corrected chi connectivity index (χ4v) is 8.94. The van der Waals surface area contributed by atoms with E-state index in [1.165, 1.54) is 17.5 Å². The highest BCUT2D eigenvalue weighted by atomic mass is 79.9. The second kappa shape index (κ2) is 9.24. The van der Waals surface area contributed by atoms with Gasteiger partial charge in [-0.05, 0) is 22.3 Å². The van der Waals surface area contributed by atoms with Gasteiger partial charge in [0.2, 0.25) is 0 Å². The van der Waals surface area contributed by atoms with Gasteiger partial charge in [0, 0.05) is 0 Å². The predicted molar refractivity (Wildman–Crippen MR) is 126 cm³/mol. The first-order valence-corrected chi connectivity index (χ1v) is 12.8. The van der Waals surface area contributed by atoms with Gasteiger partial charge in [0.1, 0.15) is 4.83 Å². The Bertz CT molecular complexity index is 734. The minimum atomic E-state index is -2.65. The van der Waals surface area contributed by atoms with Gasteiger partial charge in [0.05, 0.1) is 18.0 Å². The smallest absolute Gasteiger partial charge is 0.320 e. The van der Waals surface area contributed by atoms with E-state index < -0.39 is 17.5 Å². The zero-order valence-electron chi connectivity index (χ0n) is 17.0. The molecule has 0 amide bonds. The Morgan fingerprint density at radius 2 is 1.39 bits per heavy atom. The summed E-state index contributed by atoms with van der Waals surface area (Å²) >= 11 is 7.17. The lowest BCUT2D eigenvalue weighted by atomic mass is 10.1. The Labute approximate surface area is 186 Å². The first-order valence-electron chi connectivity index (χ1n) is 9.22. The van der Waals surface area contributed by atoms with Crippen LogP contribution in [0.15, 0.2) is 60.7 Å². The molecular formula is C22H28Br2O3Si. The second-order valence-electron chi connectivity index (χ2n) is 8.12. The normalized spacial score (nSPS) is 15.5. The maximum Gasteiger partial charge on any atom is 0.320 e. The molecule has 2 atom stereocenters. The summed E-state index contributed by atoms with van der Waals surface area (Å²) in [5.74, 6) is -0.328. The highest BCUT2D eigenvalue weighted by Gasteiger charge is 2.51. The number of hydrogen-bond acceptors (Lipinski definition) is 3. The number of halogens is 2. The maximum absolute atomic E-state index is 12.1. The molecule has 0 N–H and O–H groups in total. The molecule has 0 aromatic heterocycles. The van der Waals surface area contributed by atoms with Crippen LogP contribution in [0.2, 0.25) is 5.04 Å². The maximum atomic E-state index is 12.1. The number of benzene rings is 2. The zero-order valence-corrected chi connectivity index (χ0v) is 21.2. The van der Waals surface area contributed by atoms with Crippen LogP contribution in [0.3, 0.4) is 0 Å². The van der Waals surface area contributed by atoms with Crippen LogP contribution in [-0.4, -0.2) is 37.2 Å². The molecule has 2 rings (SSSR count). The van der Waals surface area contributed by atoms with Gasteiger partial charge in [-0.1, -0.05) is 113 Å². The fourth-order valence-electron chi connectivity index (χ4n) is 3.43. The van der Waals surface area contributed by atoms with Gasteiger partial charge in [-0.3, -0.25) is 4.79 Å². The highest BCUT2D eigenvalue weighted by Crippen LogP contribution is 2.39. The van der Waals surface area contributed by atoms with Gasteiger partial charge in [-0.2, -0.15) is 0 Å². The SMILES string of the molecule is COC(=O)C(Br)C(C)(Br)CO[Si](c1ccccc1)(c1ccccc1)C(C)(C)C. The van der Waals surface area contributed by atoms with E-state index in [-0.39, 0.29) is 11.0 Å². The molecule has 0 spiro atoms. The Morgan fingerprint density at radius 1 is 0.964 bits per heavy atom. The molecule has 2 aromatic carbocycles. The summed E-state index contributed by atoms with van der Waals surface area (Å²) in [7, 11) is -1.26. The van der Waals surface area contributed by atoms with Crippen molar-refractivity contribution in [2.24, 2.45) is 0 Å². The summed E-state index contributed by atoms with van der Waals surface area (Å²) in [6.07, 6.45) is 0. The van der Waals surface area contributed by atoms with Gasteiger partial charge >= 0.3 is 5.97 Å². The molecule has 0 aliphatic heterocycles. The van der Waals surface area contributed by atoms with Gasteiger partial charge in [-0.25, -0.2) is 0 Å². The molecule has 0 bridgehead atoms. The van der Waals surface area contributed by atoms with Crippen LogP contribution in [0.1, 0.15) is 27.7 Å². The molecular weight excluding hydrogens is 500 g/mol. The molecule has 2 unspecified atom stereocenters. The molecule has 0 heterocycles. The second-order valence-corrected chi connectivity index (χ2v) is 15.1. The fraction of sp³-hybridized carbons (Fsp3) is 0.409. The third-order valence-electron chi connectivity index (χ3n) is 4.92. The number of esters is 1. The molecule has 0 saturated carbocycles. The lowest BCUT2D eigenvalue weighted by Gasteiger charge is -2.44. The van der Waals surface area contributed by atoms with Crippen LogP contribution in [-0.2, 0) is 14.0 Å². The van der Waals surface area contributed by atoms with E-state index >= 15 is 0 Å². The van der Waals surface area contributed by atoms with Crippen LogP contribution < -0.4 is 10.4 Å². The quantitative estimate of drug-likeness (QED) is 0.298. The first kappa shape index (κ1) is 23.3. The van der Waals surface area contributed by atoms with Gasteiger partial charge in [0.25, 0.3) is 8.32 Å². The van der Waals surface area contributed by atoms with Crippen molar-refractivity contribution in [3.8, 4) is 0 Å². The lowest BCUT2D eigenvalue weighted by molar-refractivity contribution is -0.140. The molecule has 0 fully saturated rings. The van der Waals surface area contributed by atoms with Crippen molar-refractivity contribution >= 4 is 56.5 Å². The van der Waals surface area contributed by atoms with Crippen molar-refractivity contribution in [2.75, 3.05) is 13.7 Å². The van der Waals surface area contributed by atoms with E-state index in [0.717, 1.165) is 0 Å². The Balaban J connectivity index is 2.55. The van der Waals surface area contributed by atoms with Crippen molar-refractivity contribution in [2.45, 2.75) is 41.9 Å². The average molecular weight is 528 g/mol. The summed E-state index contributed by atoms with van der Waals surface area (Å²) < 4.78 is 11.2. The zero-order chi connectivity index (χ0) is 21.0. The number of rotatable bonds is 7. The van der Waals surface area contributed by atoms with Crippen LogP contribution in [0.25, 0.3) is 0 Å². The number of carbonyl (C=O) groups excluding carboxylic acids is 1. The van der Waals surface area contributed by atoms with Crippen molar-refractivity contribution in [1.82, 2.24) is 0 Å². The predicted octanol–water partition coefficient (Wildman–Crippen LogP) is 4.65. The van der Waals surface area contributed by atoms with Gasteiger partial charge in [0.15, 0.2) is 0 Å². The summed E-state index contributed by atoms with van der Waals surface area (Å²) in [6.45, 7) is 9.00. The average Bonchev–Trinajstić information content (AvgIpc) is 2.67. The summed E-state index contributed by atoms with van der Waals surface area (Å²) in [4.78, 5) is 11.6. The monoisotopic (exact) mass is 526 g/mol. The van der Waals surface area contributed by atoms with Crippen LogP contribution in [0.5, 0.6) is 0 Å². The van der Waals surface area contributed by atoms with E-state index in [0.29, 0.717) is 6.61 Å². The third kappa shape index (κ3) is 4.78. The largest absolute Gasteiger partial charge is 0.468 e. The summed E-state index contributed by atoms with van der Waals surface area (Å²) in [6, 6.07) is 20.9. The number of ether oxygens (including phenoxy) is 1. The molecule has 0 aliphatic rings. The van der Waals surface area contributed by atoms with E-state index in [1.54, 1.807) is 0 Å². The minimum Gasteiger partial charge on any atom is -0.468 e. The van der Waals surface area contributed by atoms with Crippen molar-refractivity contribution in [1.29, 1.82) is 0 Å². The highest BCUT2D eigenvalue weighted by molar-refractivity contribution is 9.12. The molecule has 152 valence electrons. The van der Waals surface area contributed by atoms with E-state index in [4.69, 9.17) is 9.16 Å². The Hall–Kier alpha value is -0.953. The molecule has 6 heteroatoms. The third-order valence-corrected chi connectivity index (χ3v) is 12.6. The van der Waals surface area contributed by atoms with Crippen LogP contribution in [0, 0.1) is 0 Å². The summed E-state index contributed by atoms with van der Waals surface area (Å²) in [5.41, 5.74) is 0. The Morgan fingerprint density at radius 3 is 1.75 bits per heavy atom. The standard InChI is InChI=1S/C22H28Br2O3Si/c1-21(2,3)28(17-12-8-6-9-13-17,18-14-10-7-11-15-18)27-16-22(4,24)19(23)20(25)26-5/h6-15,19H,16H2,1-5H3. The van der Waals surface area contributed by atoms with E-state index in [1.807, 2.05) is 19.1 Å². The van der Waals surface area contributed by atoms with E-state index in [2.05, 4.69) is 101 Å².